The molecule has 0 aromatic heterocycles. The van der Waals surface area contributed by atoms with Crippen LogP contribution in [0.25, 0.3) is 0 Å². The molecule has 0 radical (unpaired) electrons. The van der Waals surface area contributed by atoms with Gasteiger partial charge in [-0.3, -0.25) is 4.79 Å². The van der Waals surface area contributed by atoms with Crippen LogP contribution in [0, 0.1) is 0 Å². The van der Waals surface area contributed by atoms with Crippen molar-refractivity contribution in [3.05, 3.63) is 17.7 Å². The number of nitrogens with two attached hydrogens (primary N) is 1. The highest BCUT2D eigenvalue weighted by molar-refractivity contribution is 7.98. The maximum Gasteiger partial charge on any atom is 0.320 e. The van der Waals surface area contributed by atoms with Crippen LogP contribution in [0.4, 0.5) is 0 Å². The third-order valence-electron chi connectivity index (χ3n) is 2.50. The molecular weight excluding hydrogens is 254 g/mol. The molecule has 0 saturated heterocycles. The van der Waals surface area contributed by atoms with E-state index >= 15 is 0 Å². The van der Waals surface area contributed by atoms with Gasteiger partial charge in [0.1, 0.15) is 6.04 Å². The molecule has 1 rings (SSSR count). The van der Waals surface area contributed by atoms with E-state index in [4.69, 9.17) is 20.3 Å². The molecule has 1 unspecified atom stereocenters. The van der Waals surface area contributed by atoms with Crippen molar-refractivity contribution in [1.82, 2.24) is 0 Å². The Labute approximate surface area is 110 Å². The summed E-state index contributed by atoms with van der Waals surface area (Å²) in [5.41, 5.74) is 6.34. The minimum Gasteiger partial charge on any atom is -0.493 e. The third-order valence-corrected chi connectivity index (χ3v) is 3.24. The van der Waals surface area contributed by atoms with Gasteiger partial charge in [0.15, 0.2) is 11.5 Å². The highest BCUT2D eigenvalue weighted by Crippen LogP contribution is 2.38. The molecule has 0 aliphatic carbocycles. The number of carboxylic acid groups (broad SMARTS) is 1. The first-order valence-corrected chi connectivity index (χ1v) is 6.53. The normalized spacial score (nSPS) is 12.0. The second-order valence-electron chi connectivity index (χ2n) is 3.68. The van der Waals surface area contributed by atoms with Gasteiger partial charge in [0.25, 0.3) is 0 Å². The highest BCUT2D eigenvalue weighted by atomic mass is 32.2. The summed E-state index contributed by atoms with van der Waals surface area (Å²) in [4.78, 5) is 11.6. The molecule has 18 heavy (non-hydrogen) atoms. The number of hydrogen-bond donors (Lipinski definition) is 2. The van der Waals surface area contributed by atoms with E-state index in [1.165, 1.54) is 11.8 Å². The van der Waals surface area contributed by atoms with Gasteiger partial charge >= 0.3 is 5.97 Å². The molecule has 0 saturated carbocycles. The lowest BCUT2D eigenvalue weighted by Crippen LogP contribution is -2.32. The molecule has 0 aliphatic heterocycles. The number of benzene rings is 1. The van der Waals surface area contributed by atoms with Crippen molar-refractivity contribution in [2.24, 2.45) is 5.73 Å². The monoisotopic (exact) mass is 271 g/mol. The number of carboxylic acids is 1. The summed E-state index contributed by atoms with van der Waals surface area (Å²) in [6.45, 7) is 0. The molecule has 6 heteroatoms. The van der Waals surface area contributed by atoms with Gasteiger partial charge in [-0.25, -0.2) is 0 Å². The molecule has 0 fully saturated rings. The number of ether oxygens (including phenoxy) is 2. The van der Waals surface area contributed by atoms with Crippen molar-refractivity contribution in [3.8, 4) is 11.5 Å². The summed E-state index contributed by atoms with van der Waals surface area (Å²) in [5.74, 6) is 0.213. The van der Waals surface area contributed by atoms with Crippen molar-refractivity contribution in [2.75, 3.05) is 20.5 Å². The Hall–Kier alpha value is -1.40. The van der Waals surface area contributed by atoms with Crippen molar-refractivity contribution < 1.29 is 19.4 Å². The van der Waals surface area contributed by atoms with Gasteiger partial charge in [0, 0.05) is 0 Å². The second kappa shape index (κ2) is 6.51. The SMILES string of the molecule is COc1cc(CC(N)C(=O)O)cc(SC)c1OC. The number of hydrogen-bond acceptors (Lipinski definition) is 5. The number of aliphatic carboxylic acids is 1. The minimum absolute atomic E-state index is 0.253. The van der Waals surface area contributed by atoms with Crippen LogP contribution in [0.2, 0.25) is 0 Å². The zero-order valence-corrected chi connectivity index (χ0v) is 11.4. The Balaban J connectivity index is 3.11. The fourth-order valence-electron chi connectivity index (χ4n) is 1.59. The van der Waals surface area contributed by atoms with Gasteiger partial charge in [-0.15, -0.1) is 11.8 Å². The number of rotatable bonds is 6. The standard InChI is InChI=1S/C12H17NO4S/c1-16-9-5-7(4-8(13)12(14)15)6-10(18-3)11(9)17-2/h5-6,8H,4,13H2,1-3H3,(H,14,15). The van der Waals surface area contributed by atoms with Gasteiger partial charge in [0.05, 0.1) is 19.1 Å². The van der Waals surface area contributed by atoms with E-state index in [2.05, 4.69) is 0 Å². The quantitative estimate of drug-likeness (QED) is 0.761. The Morgan fingerprint density at radius 3 is 2.56 bits per heavy atom. The van der Waals surface area contributed by atoms with Crippen LogP contribution in [-0.2, 0) is 11.2 Å². The van der Waals surface area contributed by atoms with Crippen LogP contribution in [0.3, 0.4) is 0 Å². The highest BCUT2D eigenvalue weighted by Gasteiger charge is 2.16. The van der Waals surface area contributed by atoms with Crippen LogP contribution in [-0.4, -0.2) is 37.6 Å². The van der Waals surface area contributed by atoms with E-state index in [1.807, 2.05) is 12.3 Å². The molecule has 0 spiro atoms. The number of methoxy groups -OCH3 is 2. The molecule has 5 nitrogen and oxygen atoms in total. The lowest BCUT2D eigenvalue weighted by molar-refractivity contribution is -0.138. The first-order chi connectivity index (χ1) is 8.53. The van der Waals surface area contributed by atoms with E-state index in [9.17, 15) is 4.79 Å². The van der Waals surface area contributed by atoms with Crippen LogP contribution < -0.4 is 15.2 Å². The first-order valence-electron chi connectivity index (χ1n) is 5.30. The molecule has 0 aliphatic rings. The lowest BCUT2D eigenvalue weighted by Gasteiger charge is -2.14. The molecule has 0 bridgehead atoms. The molecule has 0 heterocycles. The summed E-state index contributed by atoms with van der Waals surface area (Å²) in [7, 11) is 3.11. The summed E-state index contributed by atoms with van der Waals surface area (Å²) in [6, 6.07) is 2.70. The Morgan fingerprint density at radius 2 is 2.11 bits per heavy atom. The topological polar surface area (TPSA) is 81.8 Å². The predicted molar refractivity (Wildman–Crippen MR) is 70.6 cm³/mol. The molecule has 3 N–H and O–H groups in total. The van der Waals surface area contributed by atoms with E-state index in [0.29, 0.717) is 11.5 Å². The van der Waals surface area contributed by atoms with Crippen LogP contribution >= 0.6 is 11.8 Å². The molecule has 1 aromatic rings. The van der Waals surface area contributed by atoms with Gasteiger partial charge in [-0.2, -0.15) is 0 Å². The second-order valence-corrected chi connectivity index (χ2v) is 4.53. The smallest absolute Gasteiger partial charge is 0.320 e. The molecule has 1 atom stereocenters. The summed E-state index contributed by atoms with van der Waals surface area (Å²) in [6.07, 6.45) is 2.17. The fraction of sp³-hybridized carbons (Fsp3) is 0.417. The van der Waals surface area contributed by atoms with E-state index in [1.54, 1.807) is 20.3 Å². The van der Waals surface area contributed by atoms with Gasteiger partial charge in [-0.1, -0.05) is 0 Å². The average Bonchev–Trinajstić information content (AvgIpc) is 2.37. The Kier molecular flexibility index (Phi) is 5.30. The average molecular weight is 271 g/mol. The van der Waals surface area contributed by atoms with Crippen molar-refractivity contribution in [1.29, 1.82) is 0 Å². The van der Waals surface area contributed by atoms with E-state index in [-0.39, 0.29) is 6.42 Å². The number of thioether (sulfide) groups is 1. The lowest BCUT2D eigenvalue weighted by atomic mass is 10.1. The maximum atomic E-state index is 10.7. The molecule has 100 valence electrons. The fourth-order valence-corrected chi connectivity index (χ4v) is 2.23. The van der Waals surface area contributed by atoms with Crippen molar-refractivity contribution in [2.45, 2.75) is 17.4 Å². The molecule has 1 aromatic carbocycles. The van der Waals surface area contributed by atoms with Crippen LogP contribution in [0.5, 0.6) is 11.5 Å². The van der Waals surface area contributed by atoms with Crippen molar-refractivity contribution in [3.63, 3.8) is 0 Å². The van der Waals surface area contributed by atoms with Crippen LogP contribution in [0.1, 0.15) is 5.56 Å². The zero-order valence-electron chi connectivity index (χ0n) is 10.6. The molecular formula is C12H17NO4S. The van der Waals surface area contributed by atoms with Gasteiger partial charge in [-0.05, 0) is 30.4 Å². The number of carbonyl (C=O) groups is 1. The van der Waals surface area contributed by atoms with Crippen LogP contribution in [0.15, 0.2) is 17.0 Å². The largest absolute Gasteiger partial charge is 0.493 e. The first kappa shape index (κ1) is 14.7. The zero-order chi connectivity index (χ0) is 13.7. The van der Waals surface area contributed by atoms with E-state index in [0.717, 1.165) is 10.5 Å². The summed E-state index contributed by atoms with van der Waals surface area (Å²) in [5, 5.41) is 8.81. The van der Waals surface area contributed by atoms with Crippen molar-refractivity contribution >= 4 is 17.7 Å². The third kappa shape index (κ3) is 3.30. The van der Waals surface area contributed by atoms with Gasteiger partial charge < -0.3 is 20.3 Å². The Bertz CT molecular complexity index is 411. The predicted octanol–water partition coefficient (Wildman–Crippen LogP) is 1.38. The Morgan fingerprint density at radius 1 is 1.44 bits per heavy atom. The summed E-state index contributed by atoms with van der Waals surface area (Å²) >= 11 is 1.51. The summed E-state index contributed by atoms with van der Waals surface area (Å²) < 4.78 is 10.5. The van der Waals surface area contributed by atoms with E-state index < -0.39 is 12.0 Å². The molecule has 0 amide bonds. The van der Waals surface area contributed by atoms with Gasteiger partial charge in [0.2, 0.25) is 0 Å². The minimum atomic E-state index is -1.02. The maximum absolute atomic E-state index is 10.7.